The van der Waals surface area contributed by atoms with Gasteiger partial charge in [0.1, 0.15) is 11.6 Å². The van der Waals surface area contributed by atoms with Crippen LogP contribution < -0.4 is 0 Å². The van der Waals surface area contributed by atoms with Crippen molar-refractivity contribution in [1.82, 2.24) is 19.9 Å². The Bertz CT molecular complexity index is 709. The van der Waals surface area contributed by atoms with Gasteiger partial charge in [-0.15, -0.1) is 13.2 Å². The van der Waals surface area contributed by atoms with Crippen LogP contribution in [0.3, 0.4) is 0 Å². The quantitative estimate of drug-likeness (QED) is 0.430. The lowest BCUT2D eigenvalue weighted by atomic mass is 9.76. The summed E-state index contributed by atoms with van der Waals surface area (Å²) in [6.07, 6.45) is 26.7. The zero-order valence-corrected chi connectivity index (χ0v) is 19.6. The van der Waals surface area contributed by atoms with Crippen molar-refractivity contribution < 1.29 is 0 Å². The second kappa shape index (κ2) is 13.9. The van der Waals surface area contributed by atoms with Crippen LogP contribution in [0.1, 0.15) is 75.9 Å². The van der Waals surface area contributed by atoms with Gasteiger partial charge in [0.2, 0.25) is 0 Å². The van der Waals surface area contributed by atoms with Crippen LogP contribution in [0.2, 0.25) is 0 Å². The Balaban J connectivity index is 0.000000181. The van der Waals surface area contributed by atoms with Crippen molar-refractivity contribution in [3.8, 4) is 0 Å². The molecule has 32 heavy (non-hydrogen) atoms. The summed E-state index contributed by atoms with van der Waals surface area (Å²) in [7, 11) is 0. The first kappa shape index (κ1) is 24.3. The summed E-state index contributed by atoms with van der Waals surface area (Å²) in [5.41, 5.74) is 0. The Morgan fingerprint density at radius 2 is 0.938 bits per heavy atom. The highest BCUT2D eigenvalue weighted by Gasteiger charge is 2.25. The smallest absolute Gasteiger partial charge is 0.128 e. The second-order valence-electron chi connectivity index (χ2n) is 9.40. The van der Waals surface area contributed by atoms with E-state index in [0.29, 0.717) is 0 Å². The van der Waals surface area contributed by atoms with E-state index in [9.17, 15) is 0 Å². The van der Waals surface area contributed by atoms with E-state index in [4.69, 9.17) is 0 Å². The molecule has 4 rings (SSSR count). The first-order valence-electron chi connectivity index (χ1n) is 12.5. The molecule has 2 fully saturated rings. The zero-order chi connectivity index (χ0) is 22.4. The molecule has 0 radical (unpaired) electrons. The fourth-order valence-electron chi connectivity index (χ4n) is 5.49. The van der Waals surface area contributed by atoms with Gasteiger partial charge < -0.3 is 0 Å². The third-order valence-corrected chi connectivity index (χ3v) is 7.20. The maximum Gasteiger partial charge on any atom is 0.128 e. The molecule has 2 aromatic rings. The van der Waals surface area contributed by atoms with Crippen LogP contribution in [0.15, 0.2) is 62.2 Å². The van der Waals surface area contributed by atoms with E-state index in [1.807, 2.05) is 36.9 Å². The number of rotatable bonds is 8. The van der Waals surface area contributed by atoms with Crippen molar-refractivity contribution in [3.63, 3.8) is 0 Å². The number of nitrogens with zero attached hydrogens (tertiary/aromatic N) is 4. The molecule has 0 aromatic carbocycles. The normalized spacial score (nSPS) is 25.2. The maximum atomic E-state index is 4.33. The predicted molar refractivity (Wildman–Crippen MR) is 132 cm³/mol. The highest BCUT2D eigenvalue weighted by atomic mass is 14.9. The highest BCUT2D eigenvalue weighted by Crippen LogP contribution is 2.35. The monoisotopic (exact) mass is 432 g/mol. The summed E-state index contributed by atoms with van der Waals surface area (Å²) < 4.78 is 0. The van der Waals surface area contributed by atoms with E-state index in [2.05, 4.69) is 45.2 Å². The van der Waals surface area contributed by atoms with Gasteiger partial charge in [-0.2, -0.15) is 0 Å². The van der Waals surface area contributed by atoms with Gasteiger partial charge in [0.05, 0.1) is 0 Å². The fourth-order valence-corrected chi connectivity index (χ4v) is 5.49. The molecule has 0 spiro atoms. The Hall–Kier alpha value is -2.36. The van der Waals surface area contributed by atoms with Crippen LogP contribution >= 0.6 is 0 Å². The molecule has 0 aliphatic heterocycles. The average molecular weight is 433 g/mol. The fraction of sp³-hybridized carbons (Fsp3) is 0.571. The minimum atomic E-state index is 0.758. The SMILES string of the molecule is C=CC[C@@H]1CCCC[C@H]1Cc1ncccn1.C=CC[C@H]1CCCC[C@@H]1Cc1ncccn1. The van der Waals surface area contributed by atoms with Gasteiger partial charge in [0, 0.05) is 37.6 Å². The molecule has 0 saturated heterocycles. The molecule has 2 heterocycles. The largest absolute Gasteiger partial charge is 0.241 e. The summed E-state index contributed by atoms with van der Waals surface area (Å²) in [5.74, 6) is 5.13. The lowest BCUT2D eigenvalue weighted by Gasteiger charge is -2.30. The zero-order valence-electron chi connectivity index (χ0n) is 19.6. The van der Waals surface area contributed by atoms with Crippen LogP contribution in [-0.2, 0) is 12.8 Å². The van der Waals surface area contributed by atoms with Crippen molar-refractivity contribution in [2.45, 2.75) is 77.0 Å². The second-order valence-corrected chi connectivity index (χ2v) is 9.40. The van der Waals surface area contributed by atoms with E-state index >= 15 is 0 Å². The van der Waals surface area contributed by atoms with E-state index in [0.717, 1.165) is 61.0 Å². The first-order valence-corrected chi connectivity index (χ1v) is 12.5. The maximum absolute atomic E-state index is 4.33. The minimum Gasteiger partial charge on any atom is -0.241 e. The highest BCUT2D eigenvalue weighted by molar-refractivity contribution is 4.94. The molecule has 4 atom stereocenters. The molecule has 2 saturated carbocycles. The molecule has 172 valence electrons. The van der Waals surface area contributed by atoms with Crippen LogP contribution in [0, 0.1) is 23.7 Å². The van der Waals surface area contributed by atoms with Gasteiger partial charge in [-0.25, -0.2) is 19.9 Å². The van der Waals surface area contributed by atoms with Gasteiger partial charge >= 0.3 is 0 Å². The molecule has 0 unspecified atom stereocenters. The lowest BCUT2D eigenvalue weighted by molar-refractivity contribution is 0.234. The van der Waals surface area contributed by atoms with Crippen molar-refractivity contribution in [3.05, 3.63) is 73.9 Å². The minimum absolute atomic E-state index is 0.758. The van der Waals surface area contributed by atoms with Gasteiger partial charge in [-0.05, 0) is 74.3 Å². The Morgan fingerprint density at radius 3 is 1.28 bits per heavy atom. The summed E-state index contributed by atoms with van der Waals surface area (Å²) in [4.78, 5) is 17.3. The Morgan fingerprint density at radius 1 is 0.594 bits per heavy atom. The average Bonchev–Trinajstić information content (AvgIpc) is 2.84. The number of hydrogen-bond donors (Lipinski definition) is 0. The Kier molecular flexibility index (Phi) is 10.6. The van der Waals surface area contributed by atoms with Crippen molar-refractivity contribution in [1.29, 1.82) is 0 Å². The molecule has 0 bridgehead atoms. The third-order valence-electron chi connectivity index (χ3n) is 7.20. The van der Waals surface area contributed by atoms with Crippen molar-refractivity contribution in [2.75, 3.05) is 0 Å². The topological polar surface area (TPSA) is 51.6 Å². The first-order chi connectivity index (χ1) is 15.8. The van der Waals surface area contributed by atoms with Gasteiger partial charge in [-0.1, -0.05) is 37.8 Å². The number of aromatic nitrogens is 4. The summed E-state index contributed by atoms with van der Waals surface area (Å²) in [6, 6.07) is 3.76. The van der Waals surface area contributed by atoms with Crippen LogP contribution in [0.4, 0.5) is 0 Å². The third kappa shape index (κ3) is 7.96. The van der Waals surface area contributed by atoms with Crippen molar-refractivity contribution in [2.24, 2.45) is 23.7 Å². The van der Waals surface area contributed by atoms with Crippen LogP contribution in [0.25, 0.3) is 0 Å². The Labute approximate surface area is 194 Å². The molecule has 4 nitrogen and oxygen atoms in total. The molecule has 2 aliphatic carbocycles. The molecule has 0 N–H and O–H groups in total. The molecule has 4 heteroatoms. The van der Waals surface area contributed by atoms with E-state index in [1.165, 1.54) is 51.4 Å². The predicted octanol–water partition coefficient (Wildman–Crippen LogP) is 6.80. The van der Waals surface area contributed by atoms with Gasteiger partial charge in [0.15, 0.2) is 0 Å². The molecule has 2 aromatic heterocycles. The molecule has 0 amide bonds. The summed E-state index contributed by atoms with van der Waals surface area (Å²) in [6.45, 7) is 7.73. The number of hydrogen-bond acceptors (Lipinski definition) is 4. The van der Waals surface area contributed by atoms with E-state index < -0.39 is 0 Å². The van der Waals surface area contributed by atoms with E-state index in [-0.39, 0.29) is 0 Å². The molecule has 2 aliphatic rings. The molecular weight excluding hydrogens is 392 g/mol. The van der Waals surface area contributed by atoms with Crippen molar-refractivity contribution >= 4 is 0 Å². The van der Waals surface area contributed by atoms with Gasteiger partial charge in [-0.3, -0.25) is 0 Å². The molecular formula is C28H40N4. The van der Waals surface area contributed by atoms with Gasteiger partial charge in [0.25, 0.3) is 0 Å². The standard InChI is InChI=1S/2C14H20N2/c2*1-2-6-12-7-3-4-8-13(12)11-14-15-9-5-10-16-14/h2*2,5,9-10,12-13H,1,3-4,6-8,11H2/t2*12-,13+/m10/s1. The summed E-state index contributed by atoms with van der Waals surface area (Å²) in [5, 5.41) is 0. The lowest BCUT2D eigenvalue weighted by Crippen LogP contribution is -2.22. The van der Waals surface area contributed by atoms with E-state index in [1.54, 1.807) is 0 Å². The number of allylic oxidation sites excluding steroid dienone is 2. The van der Waals surface area contributed by atoms with Crippen LogP contribution in [0.5, 0.6) is 0 Å². The van der Waals surface area contributed by atoms with Crippen LogP contribution in [-0.4, -0.2) is 19.9 Å². The summed E-state index contributed by atoms with van der Waals surface area (Å²) >= 11 is 0.